The lowest BCUT2D eigenvalue weighted by molar-refractivity contribution is -0.127. The Kier molecular flexibility index (Phi) is 4.53. The molecule has 0 spiro atoms. The number of rotatable bonds is 4. The zero-order valence-electron chi connectivity index (χ0n) is 14.5. The number of hydrogen-bond donors (Lipinski definition) is 1. The van der Waals surface area contributed by atoms with Crippen molar-refractivity contribution in [2.24, 2.45) is 0 Å². The van der Waals surface area contributed by atoms with Gasteiger partial charge in [-0.25, -0.2) is 4.39 Å². The molecule has 2 aromatic rings. The van der Waals surface area contributed by atoms with Crippen LogP contribution in [0.25, 0.3) is 0 Å². The number of carbonyl (C=O) groups excluding carboxylic acids is 1. The van der Waals surface area contributed by atoms with E-state index in [2.05, 4.69) is 5.32 Å². The fraction of sp³-hybridized carbons (Fsp3) is 0.381. The topological polar surface area (TPSA) is 47.6 Å². The van der Waals surface area contributed by atoms with E-state index in [4.69, 9.17) is 9.47 Å². The number of carbonyl (C=O) groups is 1. The van der Waals surface area contributed by atoms with Gasteiger partial charge in [0.05, 0.1) is 12.0 Å². The predicted molar refractivity (Wildman–Crippen MR) is 95.9 cm³/mol. The molecule has 0 saturated heterocycles. The summed E-state index contributed by atoms with van der Waals surface area (Å²) in [6.45, 7) is 0.758. The summed E-state index contributed by atoms with van der Waals surface area (Å²) in [6, 6.07) is 13.9. The zero-order valence-corrected chi connectivity index (χ0v) is 14.5. The second-order valence-corrected chi connectivity index (χ2v) is 7.01. The maximum Gasteiger partial charge on any atom is 0.230 e. The molecular formula is C21H22FNO3. The van der Waals surface area contributed by atoms with E-state index in [9.17, 15) is 9.18 Å². The molecule has 1 amide bonds. The summed E-state index contributed by atoms with van der Waals surface area (Å²) in [5, 5.41) is 3.02. The van der Waals surface area contributed by atoms with Crippen LogP contribution in [0.5, 0.6) is 11.5 Å². The third-order valence-electron chi connectivity index (χ3n) is 5.33. The third kappa shape index (κ3) is 3.14. The minimum atomic E-state index is -0.643. The van der Waals surface area contributed by atoms with Crippen molar-refractivity contribution in [3.05, 3.63) is 59.9 Å². The summed E-state index contributed by atoms with van der Waals surface area (Å²) in [7, 11) is 0. The minimum absolute atomic E-state index is 0.0527. The van der Waals surface area contributed by atoms with Crippen LogP contribution in [0.15, 0.2) is 48.5 Å². The number of halogens is 1. The SMILES string of the molecule is O=C(NC[C@@H]1COc2ccccc2O1)C1(c2cccc(F)c2)CCCC1. The van der Waals surface area contributed by atoms with Gasteiger partial charge in [0.2, 0.25) is 5.91 Å². The van der Waals surface area contributed by atoms with E-state index < -0.39 is 5.41 Å². The summed E-state index contributed by atoms with van der Waals surface area (Å²) in [6.07, 6.45) is 3.20. The van der Waals surface area contributed by atoms with Gasteiger partial charge in [-0.2, -0.15) is 0 Å². The molecule has 4 nitrogen and oxygen atoms in total. The van der Waals surface area contributed by atoms with E-state index in [0.717, 1.165) is 37.0 Å². The Morgan fingerprint density at radius 2 is 1.88 bits per heavy atom. The van der Waals surface area contributed by atoms with Gasteiger partial charge in [-0.15, -0.1) is 0 Å². The number of fused-ring (bicyclic) bond motifs is 1. The standard InChI is InChI=1S/C21H22FNO3/c22-16-7-5-6-15(12-16)21(10-3-4-11-21)20(24)23-13-17-14-25-18-8-1-2-9-19(18)26-17/h1-2,5-9,12,17H,3-4,10-11,13-14H2,(H,23,24)/t17-/m1/s1. The van der Waals surface area contributed by atoms with Crippen LogP contribution in [-0.2, 0) is 10.2 Å². The first-order valence-electron chi connectivity index (χ1n) is 9.10. The summed E-state index contributed by atoms with van der Waals surface area (Å²) < 4.78 is 25.3. The number of nitrogens with one attached hydrogen (secondary N) is 1. The molecule has 5 heteroatoms. The summed E-state index contributed by atoms with van der Waals surface area (Å²) in [5.41, 5.74) is 0.119. The molecule has 4 rings (SSSR count). The highest BCUT2D eigenvalue weighted by atomic mass is 19.1. The van der Waals surface area contributed by atoms with Crippen LogP contribution in [-0.4, -0.2) is 25.2 Å². The lowest BCUT2D eigenvalue weighted by atomic mass is 9.78. The molecule has 136 valence electrons. The van der Waals surface area contributed by atoms with Gasteiger partial charge in [-0.1, -0.05) is 37.1 Å². The normalized spacial score (nSPS) is 20.6. The summed E-state index contributed by atoms with van der Waals surface area (Å²) >= 11 is 0. The minimum Gasteiger partial charge on any atom is -0.486 e. The van der Waals surface area contributed by atoms with Gasteiger partial charge >= 0.3 is 0 Å². The van der Waals surface area contributed by atoms with E-state index in [1.165, 1.54) is 12.1 Å². The molecule has 0 bridgehead atoms. The number of para-hydroxylation sites is 2. The van der Waals surface area contributed by atoms with Gasteiger partial charge in [-0.05, 0) is 42.7 Å². The molecule has 0 radical (unpaired) electrons. The molecule has 1 fully saturated rings. The molecule has 0 aromatic heterocycles. The molecule has 1 aliphatic carbocycles. The Balaban J connectivity index is 1.45. The van der Waals surface area contributed by atoms with Gasteiger partial charge in [0.25, 0.3) is 0 Å². The van der Waals surface area contributed by atoms with Crippen LogP contribution in [0.2, 0.25) is 0 Å². The molecular weight excluding hydrogens is 333 g/mol. The molecule has 1 saturated carbocycles. The van der Waals surface area contributed by atoms with Crippen LogP contribution in [0.1, 0.15) is 31.2 Å². The largest absolute Gasteiger partial charge is 0.486 e. The fourth-order valence-corrected chi connectivity index (χ4v) is 3.95. The maximum atomic E-state index is 13.7. The van der Waals surface area contributed by atoms with Crippen molar-refractivity contribution in [3.8, 4) is 11.5 Å². The van der Waals surface area contributed by atoms with Crippen molar-refractivity contribution in [1.82, 2.24) is 5.32 Å². The lowest BCUT2D eigenvalue weighted by Gasteiger charge is -2.31. The monoisotopic (exact) mass is 355 g/mol. The summed E-state index contributed by atoms with van der Waals surface area (Å²) in [5.74, 6) is 1.06. The average molecular weight is 355 g/mol. The van der Waals surface area contributed by atoms with Crippen LogP contribution in [0.3, 0.4) is 0 Å². The molecule has 1 heterocycles. The third-order valence-corrected chi connectivity index (χ3v) is 5.33. The van der Waals surface area contributed by atoms with Crippen molar-refractivity contribution in [1.29, 1.82) is 0 Å². The Morgan fingerprint density at radius 3 is 2.65 bits per heavy atom. The van der Waals surface area contributed by atoms with Gasteiger partial charge in [-0.3, -0.25) is 4.79 Å². The number of amides is 1. The highest BCUT2D eigenvalue weighted by Crippen LogP contribution is 2.41. The molecule has 0 unspecified atom stereocenters. The van der Waals surface area contributed by atoms with Gasteiger partial charge in [0.15, 0.2) is 11.5 Å². The smallest absolute Gasteiger partial charge is 0.230 e. The molecule has 1 atom stereocenters. The number of hydrogen-bond acceptors (Lipinski definition) is 3. The van der Waals surface area contributed by atoms with Crippen molar-refractivity contribution >= 4 is 5.91 Å². The Morgan fingerprint density at radius 1 is 1.12 bits per heavy atom. The highest BCUT2D eigenvalue weighted by molar-refractivity contribution is 5.88. The second kappa shape index (κ2) is 6.98. The lowest BCUT2D eigenvalue weighted by Crippen LogP contribution is -2.47. The van der Waals surface area contributed by atoms with Gasteiger partial charge in [0.1, 0.15) is 18.5 Å². The molecule has 2 aliphatic rings. The Labute approximate surface area is 152 Å². The van der Waals surface area contributed by atoms with Crippen LogP contribution in [0.4, 0.5) is 4.39 Å². The predicted octanol–water partition coefficient (Wildman–Crippen LogP) is 3.59. The van der Waals surface area contributed by atoms with Crippen molar-refractivity contribution in [2.75, 3.05) is 13.2 Å². The van der Waals surface area contributed by atoms with E-state index >= 15 is 0 Å². The zero-order chi connectivity index (χ0) is 18.0. The van der Waals surface area contributed by atoms with Gasteiger partial charge in [0, 0.05) is 0 Å². The maximum absolute atomic E-state index is 13.7. The van der Waals surface area contributed by atoms with E-state index in [-0.39, 0.29) is 17.8 Å². The highest BCUT2D eigenvalue weighted by Gasteiger charge is 2.43. The molecule has 1 N–H and O–H groups in total. The van der Waals surface area contributed by atoms with Crippen molar-refractivity contribution in [2.45, 2.75) is 37.2 Å². The van der Waals surface area contributed by atoms with E-state index in [1.807, 2.05) is 30.3 Å². The van der Waals surface area contributed by atoms with Gasteiger partial charge < -0.3 is 14.8 Å². The van der Waals surface area contributed by atoms with Crippen molar-refractivity contribution in [3.63, 3.8) is 0 Å². The van der Waals surface area contributed by atoms with Crippen LogP contribution in [0, 0.1) is 5.82 Å². The average Bonchev–Trinajstić information content (AvgIpc) is 3.17. The Bertz CT molecular complexity index is 801. The van der Waals surface area contributed by atoms with Crippen molar-refractivity contribution < 1.29 is 18.7 Å². The fourth-order valence-electron chi connectivity index (χ4n) is 3.95. The number of benzene rings is 2. The summed E-state index contributed by atoms with van der Waals surface area (Å²) in [4.78, 5) is 13.0. The number of ether oxygens (including phenoxy) is 2. The first-order valence-corrected chi connectivity index (χ1v) is 9.10. The molecule has 1 aliphatic heterocycles. The van der Waals surface area contributed by atoms with E-state index in [1.54, 1.807) is 6.07 Å². The van der Waals surface area contributed by atoms with Crippen LogP contribution < -0.4 is 14.8 Å². The molecule has 2 aromatic carbocycles. The van der Waals surface area contributed by atoms with Crippen LogP contribution >= 0.6 is 0 Å². The quantitative estimate of drug-likeness (QED) is 0.912. The first-order chi connectivity index (χ1) is 12.7. The second-order valence-electron chi connectivity index (χ2n) is 7.01. The Hall–Kier alpha value is -2.56. The first kappa shape index (κ1) is 16.9. The molecule has 26 heavy (non-hydrogen) atoms. The van der Waals surface area contributed by atoms with E-state index in [0.29, 0.717) is 18.9 Å².